The van der Waals surface area contributed by atoms with Crippen LogP contribution in [0.5, 0.6) is 0 Å². The number of hydrogen-bond donors (Lipinski definition) is 1. The van der Waals surface area contributed by atoms with Crippen LogP contribution in [0.3, 0.4) is 0 Å². The molecule has 16 heavy (non-hydrogen) atoms. The third-order valence-electron chi connectivity index (χ3n) is 2.80. The molecule has 2 heterocycles. The molecule has 4 heteroatoms. The Balaban J connectivity index is 1.90. The summed E-state index contributed by atoms with van der Waals surface area (Å²) in [7, 11) is 0. The van der Waals surface area contributed by atoms with E-state index in [0.717, 1.165) is 29.9 Å². The van der Waals surface area contributed by atoms with Crippen LogP contribution >= 0.6 is 11.3 Å². The van der Waals surface area contributed by atoms with Gasteiger partial charge >= 0.3 is 0 Å². The second-order valence-electron chi connectivity index (χ2n) is 4.17. The van der Waals surface area contributed by atoms with E-state index in [1.807, 2.05) is 19.9 Å². The topological polar surface area (TPSA) is 38.3 Å². The monoisotopic (exact) mass is 239 g/mol. The second-order valence-corrected chi connectivity index (χ2v) is 5.63. The maximum Gasteiger partial charge on any atom is 0.252 e. The van der Waals surface area contributed by atoms with E-state index in [2.05, 4.69) is 5.32 Å². The predicted molar refractivity (Wildman–Crippen MR) is 65.1 cm³/mol. The van der Waals surface area contributed by atoms with Crippen LogP contribution in [0.25, 0.3) is 0 Å². The van der Waals surface area contributed by atoms with Gasteiger partial charge in [-0.2, -0.15) is 0 Å². The minimum absolute atomic E-state index is 0.0253. The minimum Gasteiger partial charge on any atom is -0.376 e. The highest BCUT2D eigenvalue weighted by Gasteiger charge is 2.17. The zero-order valence-electron chi connectivity index (χ0n) is 9.71. The van der Waals surface area contributed by atoms with Crippen molar-refractivity contribution in [3.8, 4) is 0 Å². The van der Waals surface area contributed by atoms with Gasteiger partial charge in [-0.15, -0.1) is 11.3 Å². The molecule has 1 amide bonds. The van der Waals surface area contributed by atoms with Gasteiger partial charge in [0, 0.05) is 22.9 Å². The Labute approximate surface area is 99.8 Å². The Bertz CT molecular complexity index is 380. The fraction of sp³-hybridized carbons (Fsp3) is 0.583. The van der Waals surface area contributed by atoms with Gasteiger partial charge in [-0.25, -0.2) is 0 Å². The van der Waals surface area contributed by atoms with Crippen LogP contribution in [0, 0.1) is 13.8 Å². The van der Waals surface area contributed by atoms with E-state index < -0.39 is 0 Å². The van der Waals surface area contributed by atoms with E-state index in [1.165, 1.54) is 4.88 Å². The molecule has 0 saturated carbocycles. The summed E-state index contributed by atoms with van der Waals surface area (Å²) in [5, 5.41) is 2.94. The number of carbonyl (C=O) groups is 1. The van der Waals surface area contributed by atoms with Crippen LogP contribution in [-0.4, -0.2) is 25.2 Å². The molecule has 1 aromatic heterocycles. The molecular formula is C12H17NO2S. The quantitative estimate of drug-likeness (QED) is 0.878. The maximum atomic E-state index is 11.9. The predicted octanol–water partition coefficient (Wildman–Crippen LogP) is 2.27. The van der Waals surface area contributed by atoms with Crippen LogP contribution in [-0.2, 0) is 4.74 Å². The van der Waals surface area contributed by atoms with Gasteiger partial charge in [-0.3, -0.25) is 4.79 Å². The number of rotatable bonds is 3. The number of ether oxygens (including phenoxy) is 1. The lowest BCUT2D eigenvalue weighted by atomic mass is 10.2. The van der Waals surface area contributed by atoms with Gasteiger partial charge in [0.2, 0.25) is 0 Å². The minimum atomic E-state index is 0.0253. The average molecular weight is 239 g/mol. The van der Waals surface area contributed by atoms with Crippen LogP contribution in [0.15, 0.2) is 6.07 Å². The lowest BCUT2D eigenvalue weighted by molar-refractivity contribution is 0.0857. The second kappa shape index (κ2) is 4.97. The summed E-state index contributed by atoms with van der Waals surface area (Å²) in [5.41, 5.74) is 0.806. The summed E-state index contributed by atoms with van der Waals surface area (Å²) in [5.74, 6) is 0.0253. The Morgan fingerprint density at radius 2 is 2.44 bits per heavy atom. The number of aryl methyl sites for hydroxylation is 2. The van der Waals surface area contributed by atoms with Crippen molar-refractivity contribution in [1.82, 2.24) is 5.32 Å². The van der Waals surface area contributed by atoms with Crippen LogP contribution < -0.4 is 5.32 Å². The van der Waals surface area contributed by atoms with Gasteiger partial charge < -0.3 is 10.1 Å². The zero-order valence-corrected chi connectivity index (χ0v) is 10.5. The van der Waals surface area contributed by atoms with Crippen LogP contribution in [0.2, 0.25) is 0 Å². The third kappa shape index (κ3) is 2.62. The largest absolute Gasteiger partial charge is 0.376 e. The molecule has 0 radical (unpaired) electrons. The molecule has 1 aromatic rings. The van der Waals surface area contributed by atoms with Gasteiger partial charge in [0.15, 0.2) is 0 Å². The summed E-state index contributed by atoms with van der Waals surface area (Å²) >= 11 is 1.66. The van der Waals surface area contributed by atoms with E-state index in [4.69, 9.17) is 4.74 Å². The smallest absolute Gasteiger partial charge is 0.252 e. The Hall–Kier alpha value is -0.870. The molecule has 1 aliphatic heterocycles. The Morgan fingerprint density at radius 1 is 1.62 bits per heavy atom. The molecule has 1 fully saturated rings. The first-order valence-electron chi connectivity index (χ1n) is 5.63. The molecule has 2 rings (SSSR count). The molecule has 1 aliphatic rings. The molecule has 88 valence electrons. The lowest BCUT2D eigenvalue weighted by Crippen LogP contribution is -2.31. The fourth-order valence-electron chi connectivity index (χ4n) is 1.96. The summed E-state index contributed by atoms with van der Waals surface area (Å²) < 4.78 is 5.46. The van der Waals surface area contributed by atoms with Crippen molar-refractivity contribution in [2.75, 3.05) is 13.2 Å². The summed E-state index contributed by atoms with van der Waals surface area (Å²) in [4.78, 5) is 14.1. The first-order valence-corrected chi connectivity index (χ1v) is 6.45. The number of thiophene rings is 1. The highest BCUT2D eigenvalue weighted by atomic mass is 32.1. The first kappa shape index (κ1) is 11.6. The molecule has 0 bridgehead atoms. The van der Waals surface area contributed by atoms with E-state index in [9.17, 15) is 4.79 Å². The molecule has 1 N–H and O–H groups in total. The molecular weight excluding hydrogens is 222 g/mol. The van der Waals surface area contributed by atoms with Crippen molar-refractivity contribution in [2.45, 2.75) is 32.8 Å². The van der Waals surface area contributed by atoms with E-state index in [1.54, 1.807) is 11.3 Å². The Kier molecular flexibility index (Phi) is 3.61. The standard InChI is InChI=1S/C12H17NO2S/c1-8-6-11(9(2)16-8)12(14)13-7-10-4-3-5-15-10/h6,10H,3-5,7H2,1-2H3,(H,13,14)/t10-/m0/s1. The molecule has 0 aromatic carbocycles. The lowest BCUT2D eigenvalue weighted by Gasteiger charge is -2.10. The van der Waals surface area contributed by atoms with Crippen LogP contribution in [0.1, 0.15) is 33.0 Å². The van der Waals surface area contributed by atoms with Crippen molar-refractivity contribution >= 4 is 17.2 Å². The number of amides is 1. The van der Waals surface area contributed by atoms with Gasteiger partial charge in [0.1, 0.15) is 0 Å². The summed E-state index contributed by atoms with van der Waals surface area (Å²) in [6.07, 6.45) is 2.38. The highest BCUT2D eigenvalue weighted by Crippen LogP contribution is 2.20. The molecule has 0 spiro atoms. The van der Waals surface area contributed by atoms with Gasteiger partial charge in [0.25, 0.3) is 5.91 Å². The molecule has 1 atom stereocenters. The molecule has 0 aliphatic carbocycles. The van der Waals surface area contributed by atoms with E-state index in [-0.39, 0.29) is 12.0 Å². The zero-order chi connectivity index (χ0) is 11.5. The number of nitrogens with one attached hydrogen (secondary N) is 1. The van der Waals surface area contributed by atoms with Crippen molar-refractivity contribution in [3.05, 3.63) is 21.4 Å². The molecule has 0 unspecified atom stereocenters. The average Bonchev–Trinajstić information content (AvgIpc) is 2.84. The van der Waals surface area contributed by atoms with Crippen molar-refractivity contribution < 1.29 is 9.53 Å². The molecule has 3 nitrogen and oxygen atoms in total. The fourth-order valence-corrected chi connectivity index (χ4v) is 2.88. The Morgan fingerprint density at radius 3 is 3.00 bits per heavy atom. The molecule has 1 saturated heterocycles. The van der Waals surface area contributed by atoms with Crippen molar-refractivity contribution in [1.29, 1.82) is 0 Å². The van der Waals surface area contributed by atoms with Gasteiger partial charge in [-0.1, -0.05) is 0 Å². The van der Waals surface area contributed by atoms with Crippen molar-refractivity contribution in [2.24, 2.45) is 0 Å². The maximum absolute atomic E-state index is 11.9. The normalized spacial score (nSPS) is 20.0. The van der Waals surface area contributed by atoms with E-state index in [0.29, 0.717) is 6.54 Å². The third-order valence-corrected chi connectivity index (χ3v) is 3.77. The SMILES string of the molecule is Cc1cc(C(=O)NC[C@@H]2CCCO2)c(C)s1. The van der Waals surface area contributed by atoms with Crippen LogP contribution in [0.4, 0.5) is 0 Å². The number of hydrogen-bond acceptors (Lipinski definition) is 3. The first-order chi connectivity index (χ1) is 7.66. The highest BCUT2D eigenvalue weighted by molar-refractivity contribution is 7.12. The summed E-state index contributed by atoms with van der Waals surface area (Å²) in [6.45, 7) is 5.47. The van der Waals surface area contributed by atoms with Gasteiger partial charge in [0.05, 0.1) is 11.7 Å². The van der Waals surface area contributed by atoms with E-state index >= 15 is 0 Å². The van der Waals surface area contributed by atoms with Gasteiger partial charge in [-0.05, 0) is 32.8 Å². The summed E-state index contributed by atoms with van der Waals surface area (Å²) in [6, 6.07) is 1.95. The number of carbonyl (C=O) groups excluding carboxylic acids is 1. The van der Waals surface area contributed by atoms with Crippen molar-refractivity contribution in [3.63, 3.8) is 0 Å².